The summed E-state index contributed by atoms with van der Waals surface area (Å²) in [4.78, 5) is 42.7. The first-order valence-corrected chi connectivity index (χ1v) is 12.9. The molecule has 31 heavy (non-hydrogen) atoms. The SMILES string of the molecule is O=C(NCCCN1CCCCCC1=O)[C@@H]1CCCN1C(=O)C12CC3CC(CC(C3)C1)C2. The van der Waals surface area contributed by atoms with Crippen molar-refractivity contribution in [1.82, 2.24) is 15.1 Å². The fourth-order valence-electron chi connectivity index (χ4n) is 7.83. The van der Waals surface area contributed by atoms with Crippen molar-refractivity contribution in [3.63, 3.8) is 0 Å². The second-order valence-corrected chi connectivity index (χ2v) is 11.2. The van der Waals surface area contributed by atoms with Gasteiger partial charge in [0.2, 0.25) is 17.7 Å². The van der Waals surface area contributed by atoms with Crippen LogP contribution in [0.25, 0.3) is 0 Å². The van der Waals surface area contributed by atoms with Gasteiger partial charge in [-0.1, -0.05) is 6.42 Å². The van der Waals surface area contributed by atoms with E-state index >= 15 is 0 Å². The van der Waals surface area contributed by atoms with Crippen LogP contribution in [0.5, 0.6) is 0 Å². The Bertz CT molecular complexity index is 686. The maximum Gasteiger partial charge on any atom is 0.242 e. The number of hydrogen-bond acceptors (Lipinski definition) is 3. The zero-order valence-electron chi connectivity index (χ0n) is 18.9. The minimum Gasteiger partial charge on any atom is -0.354 e. The quantitative estimate of drug-likeness (QED) is 0.660. The summed E-state index contributed by atoms with van der Waals surface area (Å²) >= 11 is 0. The van der Waals surface area contributed by atoms with Gasteiger partial charge < -0.3 is 15.1 Å². The van der Waals surface area contributed by atoms with Crippen LogP contribution in [0, 0.1) is 23.2 Å². The van der Waals surface area contributed by atoms with Gasteiger partial charge in [-0.2, -0.15) is 0 Å². The first kappa shape index (κ1) is 21.3. The summed E-state index contributed by atoms with van der Waals surface area (Å²) in [5.41, 5.74) is -0.162. The lowest BCUT2D eigenvalue weighted by Crippen LogP contribution is -2.57. The molecule has 0 aromatic carbocycles. The van der Waals surface area contributed by atoms with Crippen LogP contribution in [0.4, 0.5) is 0 Å². The van der Waals surface area contributed by atoms with Gasteiger partial charge in [0.05, 0.1) is 5.41 Å². The van der Waals surface area contributed by atoms with Crippen LogP contribution in [0.15, 0.2) is 0 Å². The van der Waals surface area contributed by atoms with E-state index in [1.165, 1.54) is 19.3 Å². The largest absolute Gasteiger partial charge is 0.354 e. The van der Waals surface area contributed by atoms with E-state index in [1.54, 1.807) is 0 Å². The highest BCUT2D eigenvalue weighted by molar-refractivity contribution is 5.91. The van der Waals surface area contributed by atoms with Gasteiger partial charge in [-0.15, -0.1) is 0 Å². The van der Waals surface area contributed by atoms with E-state index < -0.39 is 0 Å². The summed E-state index contributed by atoms with van der Waals surface area (Å²) in [7, 11) is 0. The Morgan fingerprint density at radius 3 is 2.35 bits per heavy atom. The Kier molecular flexibility index (Phi) is 6.00. The predicted molar refractivity (Wildman–Crippen MR) is 118 cm³/mol. The summed E-state index contributed by atoms with van der Waals surface area (Å²) in [6.45, 7) is 2.89. The Morgan fingerprint density at radius 2 is 1.65 bits per heavy atom. The van der Waals surface area contributed by atoms with Gasteiger partial charge in [0.1, 0.15) is 6.04 Å². The molecule has 1 N–H and O–H groups in total. The molecule has 0 spiro atoms. The predicted octanol–water partition coefficient (Wildman–Crippen LogP) is 3.10. The van der Waals surface area contributed by atoms with E-state index in [-0.39, 0.29) is 23.3 Å². The van der Waals surface area contributed by atoms with Crippen LogP contribution in [0.2, 0.25) is 0 Å². The van der Waals surface area contributed by atoms with Crippen molar-refractivity contribution < 1.29 is 14.4 Å². The molecule has 3 amide bonds. The van der Waals surface area contributed by atoms with Crippen LogP contribution < -0.4 is 5.32 Å². The van der Waals surface area contributed by atoms with E-state index in [4.69, 9.17) is 0 Å². The van der Waals surface area contributed by atoms with Crippen molar-refractivity contribution in [3.05, 3.63) is 0 Å². The lowest BCUT2D eigenvalue weighted by molar-refractivity contribution is -0.160. The standard InChI is InChI=1S/C25H39N3O3/c29-22-7-2-1-3-9-27(22)10-5-8-26-23(30)21-6-4-11-28(21)24(31)25-15-18-12-19(16-25)14-20(13-18)17-25/h18-21H,1-17H2,(H,26,30)/t18?,19?,20?,21-,25?/m0/s1. The topological polar surface area (TPSA) is 69.7 Å². The molecule has 0 aromatic heterocycles. The van der Waals surface area contributed by atoms with Crippen molar-refractivity contribution in [1.29, 1.82) is 0 Å². The van der Waals surface area contributed by atoms with Crippen LogP contribution in [0.1, 0.15) is 83.5 Å². The Hall–Kier alpha value is -1.59. The van der Waals surface area contributed by atoms with Gasteiger partial charge in [0.25, 0.3) is 0 Å². The number of likely N-dealkylation sites (tertiary alicyclic amines) is 2. The van der Waals surface area contributed by atoms with Crippen LogP contribution in [-0.4, -0.2) is 59.7 Å². The smallest absolute Gasteiger partial charge is 0.242 e. The molecule has 4 saturated carbocycles. The summed E-state index contributed by atoms with van der Waals surface area (Å²) in [5.74, 6) is 2.79. The third-order valence-corrected chi connectivity index (χ3v) is 8.88. The maximum absolute atomic E-state index is 13.7. The van der Waals surface area contributed by atoms with Gasteiger partial charge in [0.15, 0.2) is 0 Å². The second-order valence-electron chi connectivity index (χ2n) is 11.2. The molecule has 6 fully saturated rings. The Balaban J connectivity index is 1.14. The van der Waals surface area contributed by atoms with Crippen LogP contribution in [-0.2, 0) is 14.4 Å². The Morgan fingerprint density at radius 1 is 0.935 bits per heavy atom. The van der Waals surface area contributed by atoms with Gasteiger partial charge >= 0.3 is 0 Å². The van der Waals surface area contributed by atoms with E-state index in [1.807, 2.05) is 9.80 Å². The molecule has 2 aliphatic heterocycles. The molecule has 6 heteroatoms. The van der Waals surface area contributed by atoms with Gasteiger partial charge in [-0.3, -0.25) is 14.4 Å². The molecule has 2 heterocycles. The highest BCUT2D eigenvalue weighted by atomic mass is 16.2. The molecule has 6 rings (SSSR count). The normalized spacial score (nSPS) is 37.2. The summed E-state index contributed by atoms with van der Waals surface area (Å²) in [6, 6.07) is -0.291. The number of carbonyl (C=O) groups excluding carboxylic acids is 3. The molecule has 0 aromatic rings. The average Bonchev–Trinajstić information content (AvgIpc) is 3.14. The van der Waals surface area contributed by atoms with Gasteiger partial charge in [-0.25, -0.2) is 0 Å². The van der Waals surface area contributed by atoms with Crippen molar-refractivity contribution in [2.24, 2.45) is 23.2 Å². The minimum absolute atomic E-state index is 0.0118. The van der Waals surface area contributed by atoms with Crippen molar-refractivity contribution in [2.75, 3.05) is 26.2 Å². The molecule has 1 atom stereocenters. The van der Waals surface area contributed by atoms with Crippen LogP contribution in [0.3, 0.4) is 0 Å². The first-order chi connectivity index (χ1) is 15.0. The molecule has 4 bridgehead atoms. The molecule has 172 valence electrons. The van der Waals surface area contributed by atoms with Crippen molar-refractivity contribution in [3.8, 4) is 0 Å². The highest BCUT2D eigenvalue weighted by Gasteiger charge is 2.56. The van der Waals surface area contributed by atoms with E-state index in [0.29, 0.717) is 18.9 Å². The second kappa shape index (κ2) is 8.74. The summed E-state index contributed by atoms with van der Waals surface area (Å²) in [6.07, 6.45) is 13.6. The van der Waals surface area contributed by atoms with Crippen LogP contribution >= 0.6 is 0 Å². The van der Waals surface area contributed by atoms with Crippen molar-refractivity contribution in [2.45, 2.75) is 89.5 Å². The average molecular weight is 430 g/mol. The van der Waals surface area contributed by atoms with Crippen molar-refractivity contribution >= 4 is 17.7 Å². The first-order valence-electron chi connectivity index (χ1n) is 12.9. The van der Waals surface area contributed by atoms with E-state index in [0.717, 1.165) is 95.2 Å². The lowest BCUT2D eigenvalue weighted by Gasteiger charge is -2.56. The number of amides is 3. The zero-order chi connectivity index (χ0) is 21.4. The number of rotatable bonds is 6. The highest BCUT2D eigenvalue weighted by Crippen LogP contribution is 2.60. The molecule has 0 radical (unpaired) electrons. The fourth-order valence-corrected chi connectivity index (χ4v) is 7.83. The number of carbonyl (C=O) groups is 3. The number of nitrogens with one attached hydrogen (secondary N) is 1. The molecule has 6 nitrogen and oxygen atoms in total. The Labute approximate surface area is 186 Å². The van der Waals surface area contributed by atoms with Gasteiger partial charge in [0, 0.05) is 32.6 Å². The third-order valence-electron chi connectivity index (χ3n) is 8.88. The fraction of sp³-hybridized carbons (Fsp3) is 0.880. The molecule has 6 aliphatic rings. The third kappa shape index (κ3) is 4.23. The molecule has 0 unspecified atom stereocenters. The molecular weight excluding hydrogens is 390 g/mol. The monoisotopic (exact) mass is 429 g/mol. The lowest BCUT2D eigenvalue weighted by atomic mass is 9.49. The maximum atomic E-state index is 13.7. The summed E-state index contributed by atoms with van der Waals surface area (Å²) < 4.78 is 0. The number of nitrogens with zero attached hydrogens (tertiary/aromatic N) is 2. The molecular formula is C25H39N3O3. The van der Waals surface area contributed by atoms with E-state index in [2.05, 4.69) is 5.32 Å². The van der Waals surface area contributed by atoms with E-state index in [9.17, 15) is 14.4 Å². The summed E-state index contributed by atoms with van der Waals surface area (Å²) in [5, 5.41) is 3.08. The van der Waals surface area contributed by atoms with Gasteiger partial charge in [-0.05, 0) is 88.4 Å². The minimum atomic E-state index is -0.291. The number of hydrogen-bond donors (Lipinski definition) is 1. The zero-order valence-corrected chi connectivity index (χ0v) is 18.9. The molecule has 4 aliphatic carbocycles. The molecule has 2 saturated heterocycles.